The molecule has 1 rings (SSSR count). The van der Waals surface area contributed by atoms with E-state index in [2.05, 4.69) is 4.99 Å². The molecule has 0 saturated heterocycles. The third-order valence-corrected chi connectivity index (χ3v) is 1.66. The average Bonchev–Trinajstić information content (AvgIpc) is 2.19. The molecule has 1 aromatic carbocycles. The molecule has 0 spiro atoms. The molecule has 3 heteroatoms. The Bertz CT molecular complexity index is 356. The second-order valence-electron chi connectivity index (χ2n) is 2.53. The molecule has 0 amide bonds. The first-order chi connectivity index (χ1) is 6.36. The van der Waals surface area contributed by atoms with Gasteiger partial charge in [0.2, 0.25) is 6.08 Å². The molecule has 0 heterocycles. The molecule has 0 saturated carbocycles. The first kappa shape index (κ1) is 9.18. The highest BCUT2D eigenvalue weighted by atomic mass is 16.1. The maximum atomic E-state index is 9.76. The fourth-order valence-electron chi connectivity index (χ4n) is 0.977. The number of rotatable bonds is 3. The van der Waals surface area contributed by atoms with E-state index in [1.807, 2.05) is 18.2 Å². The van der Waals surface area contributed by atoms with Gasteiger partial charge in [0.05, 0.1) is 18.2 Å². The summed E-state index contributed by atoms with van der Waals surface area (Å²) in [6.07, 6.45) is 2.19. The molecule has 0 aliphatic heterocycles. The van der Waals surface area contributed by atoms with Crippen LogP contribution in [0.3, 0.4) is 0 Å². The lowest BCUT2D eigenvalue weighted by molar-refractivity contribution is 0.563. The molecule has 0 radical (unpaired) electrons. The Balaban J connectivity index is 2.60. The lowest BCUT2D eigenvalue weighted by Gasteiger charge is -1.96. The van der Waals surface area contributed by atoms with Crippen molar-refractivity contribution in [2.45, 2.75) is 6.42 Å². The van der Waals surface area contributed by atoms with Crippen molar-refractivity contribution in [3.63, 3.8) is 0 Å². The van der Waals surface area contributed by atoms with E-state index in [1.165, 1.54) is 6.08 Å². The molecule has 3 nitrogen and oxygen atoms in total. The fraction of sp³-hybridized carbons (Fsp3) is 0.200. The summed E-state index contributed by atoms with van der Waals surface area (Å²) in [6, 6.07) is 9.26. The molecule has 0 N–H and O–H groups in total. The number of hydrogen-bond donors (Lipinski definition) is 0. The summed E-state index contributed by atoms with van der Waals surface area (Å²) in [5.74, 6) is 0. The van der Waals surface area contributed by atoms with E-state index in [9.17, 15) is 4.79 Å². The van der Waals surface area contributed by atoms with Crippen LogP contribution < -0.4 is 0 Å². The second-order valence-corrected chi connectivity index (χ2v) is 2.53. The number of nitriles is 1. The van der Waals surface area contributed by atoms with Crippen LogP contribution in [0.1, 0.15) is 11.1 Å². The van der Waals surface area contributed by atoms with Gasteiger partial charge in [0, 0.05) is 0 Å². The van der Waals surface area contributed by atoms with Crippen LogP contribution in [0, 0.1) is 11.3 Å². The van der Waals surface area contributed by atoms with Crippen molar-refractivity contribution in [3.8, 4) is 6.07 Å². The van der Waals surface area contributed by atoms with Gasteiger partial charge in [-0.15, -0.1) is 0 Å². The standard InChI is InChI=1S/C10H8N2O/c11-7-10-3-1-9(2-4-10)5-6-12-8-13/h1-4H,5-6H2. The Morgan fingerprint density at radius 3 is 2.54 bits per heavy atom. The molecule has 1 aromatic rings. The van der Waals surface area contributed by atoms with Gasteiger partial charge in [0.25, 0.3) is 0 Å². The molecule has 0 unspecified atom stereocenters. The molecule has 0 bridgehead atoms. The van der Waals surface area contributed by atoms with Gasteiger partial charge in [-0.05, 0) is 24.1 Å². The summed E-state index contributed by atoms with van der Waals surface area (Å²) < 4.78 is 0. The maximum absolute atomic E-state index is 9.76. The van der Waals surface area contributed by atoms with Crippen molar-refractivity contribution in [2.75, 3.05) is 6.54 Å². The Labute approximate surface area is 76.3 Å². The van der Waals surface area contributed by atoms with E-state index in [0.29, 0.717) is 18.5 Å². The zero-order chi connectivity index (χ0) is 9.52. The van der Waals surface area contributed by atoms with E-state index >= 15 is 0 Å². The van der Waals surface area contributed by atoms with Gasteiger partial charge in [0.1, 0.15) is 0 Å². The van der Waals surface area contributed by atoms with Crippen molar-refractivity contribution >= 4 is 6.08 Å². The Hall–Kier alpha value is -1.91. The van der Waals surface area contributed by atoms with Gasteiger partial charge >= 0.3 is 0 Å². The van der Waals surface area contributed by atoms with Crippen molar-refractivity contribution in [1.82, 2.24) is 0 Å². The summed E-state index contributed by atoms with van der Waals surface area (Å²) in [6.45, 7) is 0.454. The quantitative estimate of drug-likeness (QED) is 0.511. The SMILES string of the molecule is N#Cc1ccc(CCN=C=O)cc1. The van der Waals surface area contributed by atoms with Gasteiger partial charge in [-0.1, -0.05) is 12.1 Å². The van der Waals surface area contributed by atoms with Crippen molar-refractivity contribution < 1.29 is 4.79 Å². The number of nitrogens with zero attached hydrogens (tertiary/aromatic N) is 2. The predicted octanol–water partition coefficient (Wildman–Crippen LogP) is 1.44. The molecule has 64 valence electrons. The number of benzene rings is 1. The molecule has 0 aliphatic rings. The molecule has 13 heavy (non-hydrogen) atoms. The van der Waals surface area contributed by atoms with Crippen LogP contribution in [-0.4, -0.2) is 12.6 Å². The van der Waals surface area contributed by atoms with Crippen LogP contribution in [0.4, 0.5) is 0 Å². The van der Waals surface area contributed by atoms with Crippen LogP contribution in [-0.2, 0) is 11.2 Å². The maximum Gasteiger partial charge on any atom is 0.234 e. The van der Waals surface area contributed by atoms with Crippen LogP contribution >= 0.6 is 0 Å². The predicted molar refractivity (Wildman–Crippen MR) is 47.8 cm³/mol. The van der Waals surface area contributed by atoms with Gasteiger partial charge in [-0.3, -0.25) is 0 Å². The molecular weight excluding hydrogens is 164 g/mol. The Morgan fingerprint density at radius 1 is 1.31 bits per heavy atom. The van der Waals surface area contributed by atoms with Crippen molar-refractivity contribution in [3.05, 3.63) is 35.4 Å². The smallest absolute Gasteiger partial charge is 0.211 e. The molecule has 0 atom stereocenters. The lowest BCUT2D eigenvalue weighted by atomic mass is 10.1. The zero-order valence-electron chi connectivity index (χ0n) is 7.03. The van der Waals surface area contributed by atoms with E-state index in [1.54, 1.807) is 12.1 Å². The number of carbonyl (C=O) groups excluding carboxylic acids is 1. The Morgan fingerprint density at radius 2 is 2.00 bits per heavy atom. The summed E-state index contributed by atoms with van der Waals surface area (Å²) >= 11 is 0. The minimum Gasteiger partial charge on any atom is -0.211 e. The third kappa shape index (κ3) is 2.90. The normalized spacial score (nSPS) is 8.54. The summed E-state index contributed by atoms with van der Waals surface area (Å²) in [5.41, 5.74) is 1.71. The Kier molecular flexibility index (Phi) is 3.44. The molecule has 0 fully saturated rings. The summed E-state index contributed by atoms with van der Waals surface area (Å²) in [4.78, 5) is 13.2. The van der Waals surface area contributed by atoms with Crippen molar-refractivity contribution in [1.29, 1.82) is 5.26 Å². The van der Waals surface area contributed by atoms with Crippen LogP contribution in [0.15, 0.2) is 29.3 Å². The van der Waals surface area contributed by atoms with E-state index in [-0.39, 0.29) is 0 Å². The van der Waals surface area contributed by atoms with Gasteiger partial charge in [-0.25, -0.2) is 9.79 Å². The summed E-state index contributed by atoms with van der Waals surface area (Å²) in [5, 5.41) is 8.52. The minimum atomic E-state index is 0.454. The first-order valence-corrected chi connectivity index (χ1v) is 3.89. The third-order valence-electron chi connectivity index (χ3n) is 1.66. The molecule has 0 aliphatic carbocycles. The highest BCUT2D eigenvalue weighted by Gasteiger charge is 1.92. The molecule has 0 aromatic heterocycles. The zero-order valence-corrected chi connectivity index (χ0v) is 7.03. The summed E-state index contributed by atoms with van der Waals surface area (Å²) in [7, 11) is 0. The van der Waals surface area contributed by atoms with Gasteiger partial charge < -0.3 is 0 Å². The molecular formula is C10H8N2O. The number of hydrogen-bond acceptors (Lipinski definition) is 3. The minimum absolute atomic E-state index is 0.454. The number of isocyanates is 1. The highest BCUT2D eigenvalue weighted by Crippen LogP contribution is 2.03. The van der Waals surface area contributed by atoms with Crippen LogP contribution in [0.5, 0.6) is 0 Å². The topological polar surface area (TPSA) is 53.2 Å². The van der Waals surface area contributed by atoms with E-state index in [0.717, 1.165) is 5.56 Å². The van der Waals surface area contributed by atoms with Gasteiger partial charge in [-0.2, -0.15) is 5.26 Å². The lowest BCUT2D eigenvalue weighted by Crippen LogP contribution is -1.88. The van der Waals surface area contributed by atoms with Crippen LogP contribution in [0.2, 0.25) is 0 Å². The monoisotopic (exact) mass is 172 g/mol. The largest absolute Gasteiger partial charge is 0.234 e. The second kappa shape index (κ2) is 4.87. The highest BCUT2D eigenvalue weighted by molar-refractivity contribution is 5.34. The van der Waals surface area contributed by atoms with Gasteiger partial charge in [0.15, 0.2) is 0 Å². The van der Waals surface area contributed by atoms with E-state index in [4.69, 9.17) is 5.26 Å². The fourth-order valence-corrected chi connectivity index (χ4v) is 0.977. The van der Waals surface area contributed by atoms with Crippen LogP contribution in [0.25, 0.3) is 0 Å². The first-order valence-electron chi connectivity index (χ1n) is 3.89. The van der Waals surface area contributed by atoms with E-state index < -0.39 is 0 Å². The van der Waals surface area contributed by atoms with Crippen molar-refractivity contribution in [2.24, 2.45) is 4.99 Å². The average molecular weight is 172 g/mol. The number of aliphatic imine (C=N–C) groups is 1.